The monoisotopic (exact) mass is 282 g/mol. The molecule has 0 aliphatic heterocycles. The van der Waals surface area contributed by atoms with Gasteiger partial charge in [0.1, 0.15) is 5.52 Å². The molecule has 21 heavy (non-hydrogen) atoms. The van der Waals surface area contributed by atoms with Gasteiger partial charge in [-0.3, -0.25) is 0 Å². The van der Waals surface area contributed by atoms with Gasteiger partial charge in [-0.15, -0.1) is 0 Å². The number of nitrogens with one attached hydrogen (secondary N) is 1. The molecule has 0 fully saturated rings. The topological polar surface area (TPSA) is 58.3 Å². The number of nitrogens with zero attached hydrogens (tertiary/aromatic N) is 1. The fourth-order valence-electron chi connectivity index (χ4n) is 2.39. The quantitative estimate of drug-likeness (QED) is 0.768. The first-order valence-corrected chi connectivity index (χ1v) is 6.89. The average molecular weight is 282 g/mol. The zero-order chi connectivity index (χ0) is 15.0. The molecule has 0 aliphatic rings. The lowest BCUT2D eigenvalue weighted by atomic mass is 9.96. The molecule has 2 N–H and O–H groups in total. The fourth-order valence-corrected chi connectivity index (χ4v) is 2.39. The zero-order valence-corrected chi connectivity index (χ0v) is 12.3. The van der Waals surface area contributed by atoms with E-state index in [1.54, 1.807) is 13.8 Å². The molecule has 0 amide bonds. The molecular formula is C17H18N2O2. The van der Waals surface area contributed by atoms with Crippen molar-refractivity contribution >= 4 is 16.8 Å². The summed E-state index contributed by atoms with van der Waals surface area (Å²) in [5, 5.41) is 13.4. The molecule has 108 valence electrons. The van der Waals surface area contributed by atoms with Gasteiger partial charge >= 0.3 is 0 Å². The van der Waals surface area contributed by atoms with Crippen molar-refractivity contribution in [3.05, 3.63) is 48.0 Å². The first-order chi connectivity index (χ1) is 9.99. The number of aliphatic hydroxyl groups is 1. The standard InChI is InChI=1S/C17H18N2O2/c1-17(2,20)12-9-15-14(10-13(12)18-3)19-16(21-15)11-7-5-4-6-8-11/h4-10,18,20H,1-3H3. The molecule has 0 atom stereocenters. The highest BCUT2D eigenvalue weighted by Crippen LogP contribution is 2.33. The van der Waals surface area contributed by atoms with Gasteiger partial charge in [0.05, 0.1) is 5.60 Å². The largest absolute Gasteiger partial charge is 0.436 e. The van der Waals surface area contributed by atoms with Crippen LogP contribution >= 0.6 is 0 Å². The molecule has 2 aromatic carbocycles. The number of fused-ring (bicyclic) bond motifs is 1. The Kier molecular flexibility index (Phi) is 3.18. The average Bonchev–Trinajstić information content (AvgIpc) is 2.88. The Morgan fingerprint density at radius 2 is 1.86 bits per heavy atom. The number of benzene rings is 2. The number of oxazole rings is 1. The number of hydrogen-bond acceptors (Lipinski definition) is 4. The number of hydrogen-bond donors (Lipinski definition) is 2. The van der Waals surface area contributed by atoms with Crippen LogP contribution in [0.25, 0.3) is 22.6 Å². The summed E-state index contributed by atoms with van der Waals surface area (Å²) in [6, 6.07) is 13.5. The van der Waals surface area contributed by atoms with E-state index in [0.29, 0.717) is 11.5 Å². The summed E-state index contributed by atoms with van der Waals surface area (Å²) in [6.45, 7) is 3.51. The Labute approximate surface area is 123 Å². The molecule has 4 heteroatoms. The number of anilines is 1. The van der Waals surface area contributed by atoms with Crippen molar-refractivity contribution in [2.45, 2.75) is 19.4 Å². The molecule has 0 aliphatic carbocycles. The van der Waals surface area contributed by atoms with Gasteiger partial charge in [-0.1, -0.05) is 18.2 Å². The third kappa shape index (κ3) is 2.50. The van der Waals surface area contributed by atoms with E-state index in [1.165, 1.54) is 0 Å². The van der Waals surface area contributed by atoms with Crippen molar-refractivity contribution in [3.63, 3.8) is 0 Å². The van der Waals surface area contributed by atoms with E-state index in [-0.39, 0.29) is 0 Å². The van der Waals surface area contributed by atoms with Gasteiger partial charge in [-0.2, -0.15) is 0 Å². The minimum absolute atomic E-state index is 0.584. The highest BCUT2D eigenvalue weighted by molar-refractivity contribution is 5.82. The summed E-state index contributed by atoms with van der Waals surface area (Å²) < 4.78 is 5.84. The van der Waals surface area contributed by atoms with E-state index < -0.39 is 5.60 Å². The minimum Gasteiger partial charge on any atom is -0.436 e. The summed E-state index contributed by atoms with van der Waals surface area (Å²) in [5.74, 6) is 0.584. The minimum atomic E-state index is -0.952. The maximum Gasteiger partial charge on any atom is 0.227 e. The molecule has 0 saturated carbocycles. The van der Waals surface area contributed by atoms with Crippen LogP contribution in [0.2, 0.25) is 0 Å². The predicted molar refractivity (Wildman–Crippen MR) is 84.2 cm³/mol. The van der Waals surface area contributed by atoms with Crippen LogP contribution < -0.4 is 5.32 Å². The molecule has 0 unspecified atom stereocenters. The predicted octanol–water partition coefficient (Wildman–Crippen LogP) is 3.76. The molecule has 3 rings (SSSR count). The lowest BCUT2D eigenvalue weighted by Crippen LogP contribution is -2.17. The van der Waals surface area contributed by atoms with Gasteiger partial charge in [0, 0.05) is 23.9 Å². The Balaban J connectivity index is 2.18. The van der Waals surface area contributed by atoms with Crippen LogP contribution in [0.5, 0.6) is 0 Å². The first kappa shape index (κ1) is 13.6. The molecule has 1 aromatic heterocycles. The molecule has 1 heterocycles. The summed E-state index contributed by atoms with van der Waals surface area (Å²) in [6.07, 6.45) is 0. The van der Waals surface area contributed by atoms with Gasteiger partial charge in [0.2, 0.25) is 5.89 Å². The summed E-state index contributed by atoms with van der Waals surface area (Å²) in [7, 11) is 1.83. The summed E-state index contributed by atoms with van der Waals surface area (Å²) in [4.78, 5) is 4.53. The van der Waals surface area contributed by atoms with Crippen LogP contribution in [0.3, 0.4) is 0 Å². The highest BCUT2D eigenvalue weighted by atomic mass is 16.3. The molecule has 0 spiro atoms. The van der Waals surface area contributed by atoms with Crippen molar-refractivity contribution in [1.82, 2.24) is 4.98 Å². The van der Waals surface area contributed by atoms with Gasteiger partial charge in [0.25, 0.3) is 0 Å². The normalized spacial score (nSPS) is 11.8. The van der Waals surface area contributed by atoms with Gasteiger partial charge in [-0.25, -0.2) is 4.98 Å². The first-order valence-electron chi connectivity index (χ1n) is 6.89. The number of aromatic nitrogens is 1. The fraction of sp³-hybridized carbons (Fsp3) is 0.235. The SMILES string of the molecule is CNc1cc2nc(-c3ccccc3)oc2cc1C(C)(C)O. The van der Waals surface area contributed by atoms with Crippen LogP contribution in [0, 0.1) is 0 Å². The van der Waals surface area contributed by atoms with E-state index in [4.69, 9.17) is 4.42 Å². The second-order valence-corrected chi connectivity index (χ2v) is 5.56. The molecule has 3 aromatic rings. The Morgan fingerprint density at radius 3 is 2.48 bits per heavy atom. The van der Waals surface area contributed by atoms with E-state index in [0.717, 1.165) is 22.3 Å². The smallest absolute Gasteiger partial charge is 0.227 e. The molecule has 0 saturated heterocycles. The molecule has 0 bridgehead atoms. The van der Waals surface area contributed by atoms with Gasteiger partial charge in [-0.05, 0) is 38.1 Å². The highest BCUT2D eigenvalue weighted by Gasteiger charge is 2.22. The third-order valence-corrected chi connectivity index (χ3v) is 3.48. The van der Waals surface area contributed by atoms with Crippen LogP contribution in [-0.4, -0.2) is 17.1 Å². The Bertz CT molecular complexity index is 771. The van der Waals surface area contributed by atoms with E-state index in [2.05, 4.69) is 10.3 Å². The summed E-state index contributed by atoms with van der Waals surface area (Å²) in [5.41, 5.74) is 3.06. The van der Waals surface area contributed by atoms with E-state index in [9.17, 15) is 5.11 Å². The van der Waals surface area contributed by atoms with E-state index >= 15 is 0 Å². The second kappa shape index (κ2) is 4.90. The maximum atomic E-state index is 10.3. The zero-order valence-electron chi connectivity index (χ0n) is 12.3. The van der Waals surface area contributed by atoms with Crippen LogP contribution in [-0.2, 0) is 5.60 Å². The number of rotatable bonds is 3. The van der Waals surface area contributed by atoms with Crippen LogP contribution in [0.1, 0.15) is 19.4 Å². The Hall–Kier alpha value is -2.33. The lowest BCUT2D eigenvalue weighted by Gasteiger charge is -2.21. The van der Waals surface area contributed by atoms with Crippen molar-refractivity contribution in [2.75, 3.05) is 12.4 Å². The van der Waals surface area contributed by atoms with Crippen molar-refractivity contribution in [1.29, 1.82) is 0 Å². The van der Waals surface area contributed by atoms with Crippen molar-refractivity contribution in [2.24, 2.45) is 0 Å². The molecule has 4 nitrogen and oxygen atoms in total. The van der Waals surface area contributed by atoms with Crippen molar-refractivity contribution in [3.8, 4) is 11.5 Å². The van der Waals surface area contributed by atoms with Crippen LogP contribution in [0.4, 0.5) is 5.69 Å². The third-order valence-electron chi connectivity index (χ3n) is 3.48. The van der Waals surface area contributed by atoms with Gasteiger partial charge in [0.15, 0.2) is 5.58 Å². The Morgan fingerprint density at radius 1 is 1.14 bits per heavy atom. The second-order valence-electron chi connectivity index (χ2n) is 5.56. The maximum absolute atomic E-state index is 10.3. The summed E-state index contributed by atoms with van der Waals surface area (Å²) >= 11 is 0. The molecule has 0 radical (unpaired) electrons. The molecular weight excluding hydrogens is 264 g/mol. The lowest BCUT2D eigenvalue weighted by molar-refractivity contribution is 0.0794. The van der Waals surface area contributed by atoms with Gasteiger partial charge < -0.3 is 14.8 Å². The van der Waals surface area contributed by atoms with Crippen LogP contribution in [0.15, 0.2) is 46.9 Å². The van der Waals surface area contributed by atoms with Crippen molar-refractivity contribution < 1.29 is 9.52 Å². The van der Waals surface area contributed by atoms with E-state index in [1.807, 2.05) is 49.5 Å².